The van der Waals surface area contributed by atoms with Crippen molar-refractivity contribution in [2.24, 2.45) is 7.05 Å². The number of aryl methyl sites for hydroxylation is 1. The highest BCUT2D eigenvalue weighted by Gasteiger charge is 2.26. The summed E-state index contributed by atoms with van der Waals surface area (Å²) in [5.74, 6) is 0.628. The molecule has 0 unspecified atom stereocenters. The number of benzene rings is 1. The zero-order valence-electron chi connectivity index (χ0n) is 12.1. The molecule has 114 valence electrons. The topological polar surface area (TPSA) is 90.5 Å². The van der Waals surface area contributed by atoms with E-state index in [-0.39, 0.29) is 17.3 Å². The van der Waals surface area contributed by atoms with Crippen LogP contribution in [0.3, 0.4) is 0 Å². The van der Waals surface area contributed by atoms with Crippen molar-refractivity contribution < 1.29 is 13.2 Å². The number of rotatable bonds is 5. The third-order valence-corrected chi connectivity index (χ3v) is 4.92. The van der Waals surface area contributed by atoms with Gasteiger partial charge in [0.2, 0.25) is 10.0 Å². The third-order valence-electron chi connectivity index (χ3n) is 3.10. The minimum absolute atomic E-state index is 0.00222. The number of methoxy groups -OCH3 is 1. The number of anilines is 1. The SMILES string of the molecule is COc1ccccc1CN(C)S(=O)(=O)c1cn(C)nc1N. The monoisotopic (exact) mass is 310 g/mol. The van der Waals surface area contributed by atoms with Crippen LogP contribution in [0.15, 0.2) is 35.4 Å². The lowest BCUT2D eigenvalue weighted by atomic mass is 10.2. The Bertz CT molecular complexity index is 740. The van der Waals surface area contributed by atoms with Crippen LogP contribution in [0.1, 0.15) is 5.56 Å². The maximum atomic E-state index is 12.5. The minimum atomic E-state index is -3.70. The van der Waals surface area contributed by atoms with E-state index in [4.69, 9.17) is 10.5 Å². The number of hydrogen-bond acceptors (Lipinski definition) is 5. The van der Waals surface area contributed by atoms with Gasteiger partial charge >= 0.3 is 0 Å². The van der Waals surface area contributed by atoms with Crippen molar-refractivity contribution in [1.82, 2.24) is 14.1 Å². The van der Waals surface area contributed by atoms with Gasteiger partial charge in [-0.05, 0) is 6.07 Å². The largest absolute Gasteiger partial charge is 0.496 e. The van der Waals surface area contributed by atoms with E-state index in [1.807, 2.05) is 18.2 Å². The fourth-order valence-corrected chi connectivity index (χ4v) is 3.24. The van der Waals surface area contributed by atoms with E-state index in [0.29, 0.717) is 5.75 Å². The highest BCUT2D eigenvalue weighted by molar-refractivity contribution is 7.89. The summed E-state index contributed by atoms with van der Waals surface area (Å²) in [6, 6.07) is 7.26. The number of sulfonamides is 1. The van der Waals surface area contributed by atoms with Gasteiger partial charge in [0.1, 0.15) is 10.6 Å². The molecule has 0 radical (unpaired) electrons. The van der Waals surface area contributed by atoms with Gasteiger partial charge in [-0.3, -0.25) is 4.68 Å². The van der Waals surface area contributed by atoms with Crippen LogP contribution in [-0.2, 0) is 23.6 Å². The molecule has 0 amide bonds. The molecule has 0 saturated carbocycles. The van der Waals surface area contributed by atoms with Gasteiger partial charge in [0.25, 0.3) is 0 Å². The Morgan fingerprint density at radius 2 is 2.05 bits per heavy atom. The van der Waals surface area contributed by atoms with Crippen molar-refractivity contribution in [2.45, 2.75) is 11.4 Å². The number of para-hydroxylation sites is 1. The fraction of sp³-hybridized carbons (Fsp3) is 0.308. The number of ether oxygens (including phenoxy) is 1. The van der Waals surface area contributed by atoms with Crippen LogP contribution < -0.4 is 10.5 Å². The van der Waals surface area contributed by atoms with E-state index in [1.54, 1.807) is 20.2 Å². The molecule has 0 aliphatic heterocycles. The molecule has 21 heavy (non-hydrogen) atoms. The first-order valence-corrected chi connectivity index (χ1v) is 7.67. The molecule has 2 rings (SSSR count). The van der Waals surface area contributed by atoms with Gasteiger partial charge in [-0.25, -0.2) is 8.42 Å². The van der Waals surface area contributed by atoms with Crippen LogP contribution in [0.4, 0.5) is 5.82 Å². The molecule has 1 aromatic carbocycles. The van der Waals surface area contributed by atoms with Crippen molar-refractivity contribution in [2.75, 3.05) is 19.9 Å². The van der Waals surface area contributed by atoms with Gasteiger partial charge < -0.3 is 10.5 Å². The maximum absolute atomic E-state index is 12.5. The second-order valence-electron chi connectivity index (χ2n) is 4.63. The first kappa shape index (κ1) is 15.3. The number of nitrogens with two attached hydrogens (primary N) is 1. The van der Waals surface area contributed by atoms with Crippen molar-refractivity contribution in [1.29, 1.82) is 0 Å². The van der Waals surface area contributed by atoms with Crippen molar-refractivity contribution >= 4 is 15.8 Å². The summed E-state index contributed by atoms with van der Waals surface area (Å²) in [7, 11) is 0.960. The number of nitrogens with zero attached hydrogens (tertiary/aromatic N) is 3. The Hall–Kier alpha value is -2.06. The van der Waals surface area contributed by atoms with E-state index < -0.39 is 10.0 Å². The Morgan fingerprint density at radius 3 is 2.62 bits per heavy atom. The predicted molar refractivity (Wildman–Crippen MR) is 79.3 cm³/mol. The van der Waals surface area contributed by atoms with Crippen molar-refractivity contribution in [3.05, 3.63) is 36.0 Å². The van der Waals surface area contributed by atoms with Crippen LogP contribution in [-0.4, -0.2) is 36.7 Å². The van der Waals surface area contributed by atoms with Gasteiger partial charge in [0, 0.05) is 32.4 Å². The van der Waals surface area contributed by atoms with E-state index in [2.05, 4.69) is 5.10 Å². The molecule has 0 bridgehead atoms. The summed E-state index contributed by atoms with van der Waals surface area (Å²) in [4.78, 5) is 0.00222. The zero-order chi connectivity index (χ0) is 15.6. The highest BCUT2D eigenvalue weighted by Crippen LogP contribution is 2.24. The molecule has 1 heterocycles. The van der Waals surface area contributed by atoms with Gasteiger partial charge in [-0.1, -0.05) is 18.2 Å². The summed E-state index contributed by atoms with van der Waals surface area (Å²) >= 11 is 0. The lowest BCUT2D eigenvalue weighted by Gasteiger charge is -2.18. The smallest absolute Gasteiger partial charge is 0.248 e. The van der Waals surface area contributed by atoms with Gasteiger partial charge in [-0.2, -0.15) is 9.40 Å². The second kappa shape index (κ2) is 5.74. The van der Waals surface area contributed by atoms with Crippen molar-refractivity contribution in [3.8, 4) is 5.75 Å². The van der Waals surface area contributed by atoms with Crippen molar-refractivity contribution in [3.63, 3.8) is 0 Å². The Kier molecular flexibility index (Phi) is 4.19. The molecular formula is C13H18N4O3S. The standard InChI is InChI=1S/C13H18N4O3S/c1-16-9-12(13(14)15-16)21(18,19)17(2)8-10-6-4-5-7-11(10)20-3/h4-7,9H,8H2,1-3H3,(H2,14,15). The summed E-state index contributed by atoms with van der Waals surface area (Å²) in [5, 5.41) is 3.86. The highest BCUT2D eigenvalue weighted by atomic mass is 32.2. The molecule has 0 aliphatic rings. The van der Waals surface area contributed by atoms with Gasteiger partial charge in [0.05, 0.1) is 7.11 Å². The maximum Gasteiger partial charge on any atom is 0.248 e. The number of aromatic nitrogens is 2. The molecule has 2 N–H and O–H groups in total. The van der Waals surface area contributed by atoms with E-state index in [9.17, 15) is 8.42 Å². The van der Waals surface area contributed by atoms with Gasteiger partial charge in [-0.15, -0.1) is 0 Å². The second-order valence-corrected chi connectivity index (χ2v) is 6.64. The molecular weight excluding hydrogens is 292 g/mol. The summed E-state index contributed by atoms with van der Waals surface area (Å²) in [6.07, 6.45) is 1.39. The number of nitrogen functional groups attached to an aromatic ring is 1. The van der Waals surface area contributed by atoms with E-state index in [1.165, 1.54) is 22.2 Å². The first-order chi connectivity index (χ1) is 9.86. The summed E-state index contributed by atoms with van der Waals surface area (Å²) in [5.41, 5.74) is 6.42. The molecule has 8 heteroatoms. The van der Waals surface area contributed by atoms with E-state index >= 15 is 0 Å². The predicted octanol–water partition coefficient (Wildman–Crippen LogP) is 0.832. The Balaban J connectivity index is 2.31. The number of hydrogen-bond donors (Lipinski definition) is 1. The molecule has 0 saturated heterocycles. The molecule has 0 atom stereocenters. The average molecular weight is 310 g/mol. The van der Waals surface area contributed by atoms with Crippen LogP contribution in [0.2, 0.25) is 0 Å². The van der Waals surface area contributed by atoms with Gasteiger partial charge in [0.15, 0.2) is 5.82 Å². The molecule has 1 aromatic heterocycles. The first-order valence-electron chi connectivity index (χ1n) is 6.23. The molecule has 0 fully saturated rings. The summed E-state index contributed by atoms with van der Waals surface area (Å²) < 4.78 is 32.9. The van der Waals surface area contributed by atoms with Crippen LogP contribution >= 0.6 is 0 Å². The molecule has 0 spiro atoms. The molecule has 0 aliphatic carbocycles. The lowest BCUT2D eigenvalue weighted by molar-refractivity contribution is 0.398. The minimum Gasteiger partial charge on any atom is -0.496 e. The quantitative estimate of drug-likeness (QED) is 0.883. The fourth-order valence-electron chi connectivity index (χ4n) is 2.01. The third kappa shape index (κ3) is 3.01. The zero-order valence-corrected chi connectivity index (χ0v) is 13.0. The lowest BCUT2D eigenvalue weighted by Crippen LogP contribution is -2.27. The molecule has 2 aromatic rings. The average Bonchev–Trinajstić information content (AvgIpc) is 2.79. The van der Waals surface area contributed by atoms with Crippen LogP contribution in [0.5, 0.6) is 5.75 Å². The normalized spacial score (nSPS) is 11.8. The van der Waals surface area contributed by atoms with E-state index in [0.717, 1.165) is 5.56 Å². The van der Waals surface area contributed by atoms with Crippen LogP contribution in [0, 0.1) is 0 Å². The summed E-state index contributed by atoms with van der Waals surface area (Å²) in [6.45, 7) is 0.181. The van der Waals surface area contributed by atoms with Crippen LogP contribution in [0.25, 0.3) is 0 Å². The Labute approximate surface area is 124 Å². The Morgan fingerprint density at radius 1 is 1.38 bits per heavy atom. The molecule has 7 nitrogen and oxygen atoms in total.